The summed E-state index contributed by atoms with van der Waals surface area (Å²) in [5.74, 6) is 1.09. The number of nitrogens with zero attached hydrogens (tertiary/aromatic N) is 3. The van der Waals surface area contributed by atoms with Gasteiger partial charge in [0, 0.05) is 30.7 Å². The predicted octanol–water partition coefficient (Wildman–Crippen LogP) is 5.64. The van der Waals surface area contributed by atoms with Gasteiger partial charge in [0.1, 0.15) is 5.75 Å². The van der Waals surface area contributed by atoms with Crippen molar-refractivity contribution in [3.05, 3.63) is 53.7 Å². The summed E-state index contributed by atoms with van der Waals surface area (Å²) in [6, 6.07) is 13.0. The van der Waals surface area contributed by atoms with E-state index in [9.17, 15) is 5.11 Å². The molecule has 4 nitrogen and oxygen atoms in total. The Balaban J connectivity index is 1.72. The summed E-state index contributed by atoms with van der Waals surface area (Å²) in [5.41, 5.74) is 6.93. The second-order valence-corrected chi connectivity index (χ2v) is 9.25. The van der Waals surface area contributed by atoms with Crippen molar-refractivity contribution in [2.75, 3.05) is 32.1 Å². The van der Waals surface area contributed by atoms with E-state index in [1.807, 2.05) is 13.0 Å². The number of phenolic OH excluding ortho intramolecular Hbond substituents is 1. The second-order valence-electron chi connectivity index (χ2n) is 9.25. The monoisotopic (exact) mass is 417 g/mol. The maximum Gasteiger partial charge on any atom is 0.118 e. The normalized spacial score (nSPS) is 16.3. The Morgan fingerprint density at radius 3 is 2.42 bits per heavy atom. The van der Waals surface area contributed by atoms with Gasteiger partial charge in [-0.1, -0.05) is 19.1 Å². The topological polar surface area (TPSA) is 39.6 Å². The van der Waals surface area contributed by atoms with Crippen molar-refractivity contribution in [1.82, 2.24) is 9.88 Å². The number of pyridine rings is 1. The number of hydrogen-bond donors (Lipinski definition) is 1. The van der Waals surface area contributed by atoms with Crippen LogP contribution in [0.25, 0.3) is 22.0 Å². The van der Waals surface area contributed by atoms with E-state index in [1.54, 1.807) is 6.07 Å². The van der Waals surface area contributed by atoms with Crippen molar-refractivity contribution >= 4 is 16.6 Å². The number of fused-ring (bicyclic) bond motifs is 1. The van der Waals surface area contributed by atoms with E-state index in [2.05, 4.69) is 68.2 Å². The lowest BCUT2D eigenvalue weighted by Crippen LogP contribution is -2.41. The fourth-order valence-electron chi connectivity index (χ4n) is 4.89. The second kappa shape index (κ2) is 8.88. The molecule has 4 rings (SSSR count). The Labute approximate surface area is 186 Å². The van der Waals surface area contributed by atoms with Crippen molar-refractivity contribution in [2.45, 2.75) is 46.1 Å². The van der Waals surface area contributed by atoms with Crippen molar-refractivity contribution in [2.24, 2.45) is 5.92 Å². The van der Waals surface area contributed by atoms with Crippen molar-refractivity contribution in [3.8, 4) is 16.9 Å². The summed E-state index contributed by atoms with van der Waals surface area (Å²) in [6.07, 6.45) is 5.50. The number of aromatic hydroxyl groups is 1. The quantitative estimate of drug-likeness (QED) is 0.583. The molecule has 164 valence electrons. The summed E-state index contributed by atoms with van der Waals surface area (Å²) >= 11 is 0. The highest BCUT2D eigenvalue weighted by Crippen LogP contribution is 2.36. The Morgan fingerprint density at radius 1 is 1.10 bits per heavy atom. The SMILES string of the molecule is CCc1cnc2ccc(-c3ccc(O)c(C)c3)cc2c1N1CCC(C(C)N(C)C)CC1. The molecule has 1 atom stereocenters. The summed E-state index contributed by atoms with van der Waals surface area (Å²) < 4.78 is 0. The van der Waals surface area contributed by atoms with Crippen LogP contribution in [-0.4, -0.2) is 48.2 Å². The molecule has 1 aliphatic heterocycles. The van der Waals surface area contributed by atoms with Crippen molar-refractivity contribution in [3.63, 3.8) is 0 Å². The number of aryl methyl sites for hydroxylation is 2. The summed E-state index contributed by atoms with van der Waals surface area (Å²) in [6.45, 7) is 8.71. The Morgan fingerprint density at radius 2 is 1.77 bits per heavy atom. The molecule has 0 amide bonds. The number of phenols is 1. The fraction of sp³-hybridized carbons (Fsp3) is 0.444. The van der Waals surface area contributed by atoms with E-state index < -0.39 is 0 Å². The smallest absolute Gasteiger partial charge is 0.118 e. The zero-order valence-electron chi connectivity index (χ0n) is 19.5. The van der Waals surface area contributed by atoms with Crippen LogP contribution in [0.4, 0.5) is 5.69 Å². The molecular weight excluding hydrogens is 382 g/mol. The highest BCUT2D eigenvalue weighted by atomic mass is 16.3. The lowest BCUT2D eigenvalue weighted by atomic mass is 9.89. The molecule has 1 aliphatic rings. The standard InChI is InChI=1S/C27H35N3O/c1-6-20-17-28-25-9-7-23(22-8-10-26(31)18(2)15-22)16-24(25)27(20)30-13-11-21(12-14-30)19(3)29(4)5/h7-10,15-17,19,21,31H,6,11-14H2,1-5H3. The molecule has 1 saturated heterocycles. The largest absolute Gasteiger partial charge is 0.508 e. The average molecular weight is 418 g/mol. The molecule has 0 saturated carbocycles. The third-order valence-corrected chi connectivity index (χ3v) is 7.18. The minimum atomic E-state index is 0.343. The van der Waals surface area contributed by atoms with Gasteiger partial charge in [-0.3, -0.25) is 4.98 Å². The Bertz CT molecular complexity index is 1070. The molecule has 0 spiro atoms. The van der Waals surface area contributed by atoms with Gasteiger partial charge in [0.2, 0.25) is 0 Å². The highest BCUT2D eigenvalue weighted by molar-refractivity contribution is 5.96. The van der Waals surface area contributed by atoms with Crippen LogP contribution in [0.1, 0.15) is 37.8 Å². The van der Waals surface area contributed by atoms with E-state index >= 15 is 0 Å². The molecule has 4 heteroatoms. The Hall–Kier alpha value is -2.59. The maximum atomic E-state index is 9.92. The average Bonchev–Trinajstić information content (AvgIpc) is 2.79. The van der Waals surface area contributed by atoms with Crippen LogP contribution < -0.4 is 4.90 Å². The van der Waals surface area contributed by atoms with Gasteiger partial charge in [-0.15, -0.1) is 0 Å². The molecule has 1 fully saturated rings. The molecule has 0 bridgehead atoms. The first-order valence-electron chi connectivity index (χ1n) is 11.5. The molecule has 1 unspecified atom stereocenters. The minimum Gasteiger partial charge on any atom is -0.508 e. The van der Waals surface area contributed by atoms with E-state index in [-0.39, 0.29) is 0 Å². The van der Waals surface area contributed by atoms with Gasteiger partial charge in [0.05, 0.1) is 11.2 Å². The van der Waals surface area contributed by atoms with Crippen LogP contribution in [0, 0.1) is 12.8 Å². The van der Waals surface area contributed by atoms with E-state index in [0.29, 0.717) is 11.8 Å². The summed E-state index contributed by atoms with van der Waals surface area (Å²) in [7, 11) is 4.38. The fourth-order valence-corrected chi connectivity index (χ4v) is 4.89. The van der Waals surface area contributed by atoms with Gasteiger partial charge < -0.3 is 14.9 Å². The van der Waals surface area contributed by atoms with Crippen LogP contribution in [0.2, 0.25) is 0 Å². The van der Waals surface area contributed by atoms with Crippen molar-refractivity contribution < 1.29 is 5.11 Å². The zero-order valence-corrected chi connectivity index (χ0v) is 19.5. The van der Waals surface area contributed by atoms with Gasteiger partial charge in [0.25, 0.3) is 0 Å². The first-order chi connectivity index (χ1) is 14.9. The molecule has 3 aromatic rings. The van der Waals surface area contributed by atoms with E-state index in [4.69, 9.17) is 4.98 Å². The van der Waals surface area contributed by atoms with Crippen LogP contribution in [0.3, 0.4) is 0 Å². The number of anilines is 1. The molecule has 0 radical (unpaired) electrons. The maximum absolute atomic E-state index is 9.92. The van der Waals surface area contributed by atoms with Crippen molar-refractivity contribution in [1.29, 1.82) is 0 Å². The molecule has 2 aromatic carbocycles. The lowest BCUT2D eigenvalue weighted by Gasteiger charge is -2.39. The number of hydrogen-bond acceptors (Lipinski definition) is 4. The van der Waals surface area contributed by atoms with E-state index in [0.717, 1.165) is 42.1 Å². The molecule has 31 heavy (non-hydrogen) atoms. The zero-order chi connectivity index (χ0) is 22.1. The minimum absolute atomic E-state index is 0.343. The molecule has 1 N–H and O–H groups in total. The van der Waals surface area contributed by atoms with Gasteiger partial charge in [-0.05, 0) is 99.6 Å². The van der Waals surface area contributed by atoms with Gasteiger partial charge in [-0.2, -0.15) is 0 Å². The van der Waals surface area contributed by atoms with Crippen LogP contribution >= 0.6 is 0 Å². The first kappa shape index (κ1) is 21.6. The molecule has 1 aromatic heterocycles. The van der Waals surface area contributed by atoms with E-state index in [1.165, 1.54) is 35.0 Å². The number of rotatable bonds is 5. The van der Waals surface area contributed by atoms with Gasteiger partial charge >= 0.3 is 0 Å². The number of aromatic nitrogens is 1. The number of benzene rings is 2. The summed E-state index contributed by atoms with van der Waals surface area (Å²) in [5, 5.41) is 11.2. The first-order valence-corrected chi connectivity index (χ1v) is 11.5. The molecular formula is C27H35N3O. The molecule has 0 aliphatic carbocycles. The lowest BCUT2D eigenvalue weighted by molar-refractivity contribution is 0.199. The molecule has 2 heterocycles. The summed E-state index contributed by atoms with van der Waals surface area (Å²) in [4.78, 5) is 9.71. The third-order valence-electron chi connectivity index (χ3n) is 7.18. The number of piperidine rings is 1. The van der Waals surface area contributed by atoms with Gasteiger partial charge in [-0.25, -0.2) is 0 Å². The predicted molar refractivity (Wildman–Crippen MR) is 131 cm³/mol. The van der Waals surface area contributed by atoms with Crippen LogP contribution in [0.5, 0.6) is 5.75 Å². The van der Waals surface area contributed by atoms with Crippen LogP contribution in [0.15, 0.2) is 42.6 Å². The highest BCUT2D eigenvalue weighted by Gasteiger charge is 2.27. The van der Waals surface area contributed by atoms with Gasteiger partial charge in [0.15, 0.2) is 0 Å². The van der Waals surface area contributed by atoms with Crippen LogP contribution in [-0.2, 0) is 6.42 Å². The third kappa shape index (κ3) is 4.27. The Kier molecular flexibility index (Phi) is 6.19.